The van der Waals surface area contributed by atoms with Crippen LogP contribution in [0.2, 0.25) is 0 Å². The zero-order valence-corrected chi connectivity index (χ0v) is 18.1. The van der Waals surface area contributed by atoms with Crippen molar-refractivity contribution in [3.05, 3.63) is 60.2 Å². The van der Waals surface area contributed by atoms with E-state index in [-0.39, 0.29) is 0 Å². The van der Waals surface area contributed by atoms with Gasteiger partial charge < -0.3 is 25.2 Å². The number of piperazine rings is 1. The minimum Gasteiger partial charge on any atom is -0.497 e. The van der Waals surface area contributed by atoms with Gasteiger partial charge in [0.2, 0.25) is 0 Å². The fourth-order valence-electron chi connectivity index (χ4n) is 3.69. The van der Waals surface area contributed by atoms with Crippen molar-refractivity contribution in [1.29, 1.82) is 0 Å². The first-order valence-corrected chi connectivity index (χ1v) is 10.9. The molecule has 0 bridgehead atoms. The number of thiocarbonyl (C=S) groups is 1. The van der Waals surface area contributed by atoms with Crippen LogP contribution in [0.4, 0.5) is 5.69 Å². The maximum atomic E-state index is 5.38. The Morgan fingerprint density at radius 3 is 2.38 bits per heavy atom. The smallest absolute Gasteiger partial charge is 0.166 e. The van der Waals surface area contributed by atoms with Crippen molar-refractivity contribution in [3.63, 3.8) is 0 Å². The molecule has 5 nitrogen and oxygen atoms in total. The average molecular weight is 414 g/mol. The van der Waals surface area contributed by atoms with Gasteiger partial charge in [-0.3, -0.25) is 0 Å². The molecule has 3 rings (SSSR count). The zero-order chi connectivity index (χ0) is 20.3. The monoisotopic (exact) mass is 413 g/mol. The Bertz CT molecular complexity index is 730. The van der Waals surface area contributed by atoms with Gasteiger partial charge in [-0.05, 0) is 48.5 Å². The molecule has 0 amide bonds. The summed E-state index contributed by atoms with van der Waals surface area (Å²) in [6, 6.07) is 18.9. The summed E-state index contributed by atoms with van der Waals surface area (Å²) < 4.78 is 5.24. The van der Waals surface area contributed by atoms with Crippen LogP contribution < -0.4 is 25.2 Å². The van der Waals surface area contributed by atoms with E-state index in [0.29, 0.717) is 0 Å². The SMILES string of the molecule is COc1ccc(N2CC[NH+](CCCNC(=S)NCCc3ccccc3)CC2)cc1. The molecule has 1 saturated heterocycles. The van der Waals surface area contributed by atoms with E-state index >= 15 is 0 Å². The predicted molar refractivity (Wildman–Crippen MR) is 124 cm³/mol. The normalized spacial score (nSPS) is 14.4. The third kappa shape index (κ3) is 7.22. The fourth-order valence-corrected chi connectivity index (χ4v) is 3.90. The first-order valence-electron chi connectivity index (χ1n) is 10.5. The van der Waals surface area contributed by atoms with Crippen molar-refractivity contribution in [2.45, 2.75) is 12.8 Å². The highest BCUT2D eigenvalue weighted by Crippen LogP contribution is 2.18. The molecule has 3 N–H and O–H groups in total. The lowest BCUT2D eigenvalue weighted by molar-refractivity contribution is -0.900. The van der Waals surface area contributed by atoms with Gasteiger partial charge in [-0.2, -0.15) is 0 Å². The first-order chi connectivity index (χ1) is 14.2. The van der Waals surface area contributed by atoms with Crippen LogP contribution in [0.3, 0.4) is 0 Å². The van der Waals surface area contributed by atoms with E-state index in [1.54, 1.807) is 12.0 Å². The second-order valence-electron chi connectivity index (χ2n) is 7.46. The number of ether oxygens (including phenoxy) is 1. The van der Waals surface area contributed by atoms with Crippen LogP contribution in [0.5, 0.6) is 5.75 Å². The van der Waals surface area contributed by atoms with Gasteiger partial charge in [0, 0.05) is 25.2 Å². The maximum absolute atomic E-state index is 5.38. The average Bonchev–Trinajstić information content (AvgIpc) is 2.78. The Balaban J connectivity index is 1.24. The standard InChI is InChI=1S/C23H32N4OS/c1-28-22-10-8-21(9-11-22)27-18-16-26(17-19-27)15-5-13-24-23(29)25-14-12-20-6-3-2-4-7-20/h2-4,6-11H,5,12-19H2,1H3,(H2,24,25,29)/p+1. The summed E-state index contributed by atoms with van der Waals surface area (Å²) in [6.07, 6.45) is 2.13. The molecule has 0 unspecified atom stereocenters. The van der Waals surface area contributed by atoms with E-state index in [0.717, 1.165) is 49.9 Å². The molecule has 1 fully saturated rings. The molecular formula is C23H33N4OS+. The highest BCUT2D eigenvalue weighted by atomic mass is 32.1. The van der Waals surface area contributed by atoms with Crippen LogP contribution in [0.25, 0.3) is 0 Å². The van der Waals surface area contributed by atoms with Gasteiger partial charge in [0.05, 0.1) is 39.8 Å². The minimum absolute atomic E-state index is 0.764. The minimum atomic E-state index is 0.764. The number of quaternary nitrogens is 1. The summed E-state index contributed by atoms with van der Waals surface area (Å²) in [6.45, 7) is 7.58. The van der Waals surface area contributed by atoms with Crippen LogP contribution >= 0.6 is 12.2 Å². The molecule has 0 aromatic heterocycles. The number of rotatable bonds is 9. The van der Waals surface area contributed by atoms with Gasteiger partial charge in [-0.15, -0.1) is 0 Å². The first kappa shape index (κ1) is 21.4. The summed E-state index contributed by atoms with van der Waals surface area (Å²) in [5.74, 6) is 0.915. The van der Waals surface area contributed by atoms with Crippen LogP contribution in [-0.4, -0.2) is 58.0 Å². The van der Waals surface area contributed by atoms with Gasteiger partial charge in [0.25, 0.3) is 0 Å². The van der Waals surface area contributed by atoms with Gasteiger partial charge in [-0.25, -0.2) is 0 Å². The molecule has 0 aliphatic carbocycles. The molecule has 1 aliphatic heterocycles. The summed E-state index contributed by atoms with van der Waals surface area (Å²) in [5.41, 5.74) is 2.62. The molecular weight excluding hydrogens is 380 g/mol. The van der Waals surface area contributed by atoms with Gasteiger partial charge in [0.15, 0.2) is 5.11 Å². The number of benzene rings is 2. The Labute approximate surface area is 180 Å². The molecule has 1 heterocycles. The number of nitrogens with zero attached hydrogens (tertiary/aromatic N) is 1. The molecule has 0 atom stereocenters. The second-order valence-corrected chi connectivity index (χ2v) is 7.87. The fraction of sp³-hybridized carbons (Fsp3) is 0.435. The number of hydrogen-bond donors (Lipinski definition) is 3. The predicted octanol–water partition coefficient (Wildman–Crippen LogP) is 1.50. The van der Waals surface area contributed by atoms with E-state index in [1.807, 2.05) is 18.2 Å². The topological polar surface area (TPSA) is 41.0 Å². The third-order valence-corrected chi connectivity index (χ3v) is 5.73. The van der Waals surface area contributed by atoms with Gasteiger partial charge >= 0.3 is 0 Å². The Morgan fingerprint density at radius 1 is 1.00 bits per heavy atom. The molecule has 1 aliphatic rings. The maximum Gasteiger partial charge on any atom is 0.166 e. The highest BCUT2D eigenvalue weighted by Gasteiger charge is 2.19. The van der Waals surface area contributed by atoms with Crippen molar-refractivity contribution in [1.82, 2.24) is 10.6 Å². The van der Waals surface area contributed by atoms with E-state index < -0.39 is 0 Å². The second kappa shape index (κ2) is 11.6. The molecule has 156 valence electrons. The van der Waals surface area contributed by atoms with Crippen LogP contribution in [0.1, 0.15) is 12.0 Å². The quantitative estimate of drug-likeness (QED) is 0.429. The summed E-state index contributed by atoms with van der Waals surface area (Å²) in [7, 11) is 1.71. The van der Waals surface area contributed by atoms with E-state index in [1.165, 1.54) is 30.9 Å². The van der Waals surface area contributed by atoms with Gasteiger partial charge in [0.1, 0.15) is 5.75 Å². The summed E-state index contributed by atoms with van der Waals surface area (Å²) >= 11 is 5.38. The number of anilines is 1. The van der Waals surface area contributed by atoms with E-state index in [2.05, 4.69) is 51.9 Å². The van der Waals surface area contributed by atoms with Crippen molar-refractivity contribution in [2.24, 2.45) is 0 Å². The van der Waals surface area contributed by atoms with E-state index in [9.17, 15) is 0 Å². The van der Waals surface area contributed by atoms with Crippen molar-refractivity contribution in [2.75, 3.05) is 57.8 Å². The molecule has 2 aromatic rings. The van der Waals surface area contributed by atoms with Crippen molar-refractivity contribution >= 4 is 23.0 Å². The lowest BCUT2D eigenvalue weighted by Gasteiger charge is -2.33. The molecule has 0 spiro atoms. The summed E-state index contributed by atoms with van der Waals surface area (Å²) in [5, 5.41) is 7.40. The van der Waals surface area contributed by atoms with Crippen molar-refractivity contribution < 1.29 is 9.64 Å². The molecule has 0 saturated carbocycles. The molecule has 0 radical (unpaired) electrons. The summed E-state index contributed by atoms with van der Waals surface area (Å²) in [4.78, 5) is 4.15. The zero-order valence-electron chi connectivity index (χ0n) is 17.3. The van der Waals surface area contributed by atoms with Crippen LogP contribution in [0, 0.1) is 0 Å². The molecule has 29 heavy (non-hydrogen) atoms. The van der Waals surface area contributed by atoms with Crippen LogP contribution in [0.15, 0.2) is 54.6 Å². The lowest BCUT2D eigenvalue weighted by atomic mass is 10.1. The van der Waals surface area contributed by atoms with Crippen molar-refractivity contribution in [3.8, 4) is 5.75 Å². The number of nitrogens with one attached hydrogen (secondary N) is 3. The molecule has 2 aromatic carbocycles. The van der Waals surface area contributed by atoms with Gasteiger partial charge in [-0.1, -0.05) is 30.3 Å². The van der Waals surface area contributed by atoms with Crippen LogP contribution in [-0.2, 0) is 6.42 Å². The Hall–Kier alpha value is -2.31. The molecule has 6 heteroatoms. The number of methoxy groups -OCH3 is 1. The Kier molecular flexibility index (Phi) is 8.58. The lowest BCUT2D eigenvalue weighted by Crippen LogP contribution is -3.15. The highest BCUT2D eigenvalue weighted by molar-refractivity contribution is 7.80. The van der Waals surface area contributed by atoms with E-state index in [4.69, 9.17) is 17.0 Å². The largest absolute Gasteiger partial charge is 0.497 e. The Morgan fingerprint density at radius 2 is 1.69 bits per heavy atom. The third-order valence-electron chi connectivity index (χ3n) is 5.44. The number of hydrogen-bond acceptors (Lipinski definition) is 3.